The van der Waals surface area contributed by atoms with E-state index in [-0.39, 0.29) is 5.91 Å². The van der Waals surface area contributed by atoms with Gasteiger partial charge in [-0.3, -0.25) is 4.79 Å². The molecule has 1 amide bonds. The number of benzene rings is 1. The summed E-state index contributed by atoms with van der Waals surface area (Å²) in [6.07, 6.45) is 0. The first kappa shape index (κ1) is 12.8. The average molecular weight is 260 g/mol. The van der Waals surface area contributed by atoms with Crippen LogP contribution in [0.15, 0.2) is 41.8 Å². The van der Waals surface area contributed by atoms with Crippen molar-refractivity contribution in [1.82, 2.24) is 5.32 Å². The molecule has 2 N–H and O–H groups in total. The van der Waals surface area contributed by atoms with Gasteiger partial charge in [-0.05, 0) is 29.1 Å². The van der Waals surface area contributed by atoms with E-state index in [4.69, 9.17) is 0 Å². The lowest BCUT2D eigenvalue weighted by Crippen LogP contribution is -2.12. The van der Waals surface area contributed by atoms with E-state index in [0.717, 1.165) is 18.8 Å². The molecule has 0 aliphatic heterocycles. The third-order valence-electron chi connectivity index (χ3n) is 2.48. The molecule has 1 aromatic carbocycles. The first-order valence-electron chi connectivity index (χ1n) is 5.83. The van der Waals surface area contributed by atoms with Gasteiger partial charge in [-0.1, -0.05) is 18.2 Å². The molecular formula is C14H16N2OS. The van der Waals surface area contributed by atoms with Crippen LogP contribution < -0.4 is 10.6 Å². The lowest BCUT2D eigenvalue weighted by molar-refractivity contribution is -0.114. The van der Waals surface area contributed by atoms with Crippen LogP contribution in [-0.2, 0) is 17.9 Å². The summed E-state index contributed by atoms with van der Waals surface area (Å²) in [5.74, 6) is -0.0430. The fraction of sp³-hybridized carbons (Fsp3) is 0.214. The standard InChI is InChI=1S/C14H16N2OS/c1-11(17)16-13-6-4-12(5-7-13)9-15-10-14-3-2-8-18-14/h2-8,15H,9-10H2,1H3,(H,16,17). The fourth-order valence-corrected chi connectivity index (χ4v) is 2.33. The van der Waals surface area contributed by atoms with Gasteiger partial charge in [-0.2, -0.15) is 0 Å². The Kier molecular flexibility index (Phi) is 4.50. The fourth-order valence-electron chi connectivity index (χ4n) is 1.65. The third kappa shape index (κ3) is 3.98. The normalized spacial score (nSPS) is 10.3. The molecule has 0 saturated carbocycles. The van der Waals surface area contributed by atoms with Gasteiger partial charge in [0.2, 0.25) is 5.91 Å². The van der Waals surface area contributed by atoms with Gasteiger partial charge in [0.1, 0.15) is 0 Å². The molecule has 0 fully saturated rings. The maximum absolute atomic E-state index is 10.9. The zero-order valence-corrected chi connectivity index (χ0v) is 11.1. The smallest absolute Gasteiger partial charge is 0.221 e. The highest BCUT2D eigenvalue weighted by atomic mass is 32.1. The minimum Gasteiger partial charge on any atom is -0.326 e. The van der Waals surface area contributed by atoms with Crippen LogP contribution in [0, 0.1) is 0 Å². The van der Waals surface area contributed by atoms with Crippen LogP contribution in [0.2, 0.25) is 0 Å². The number of nitrogens with one attached hydrogen (secondary N) is 2. The Labute approximate surface area is 111 Å². The number of hydrogen-bond acceptors (Lipinski definition) is 3. The van der Waals surface area contributed by atoms with E-state index in [1.165, 1.54) is 17.4 Å². The van der Waals surface area contributed by atoms with Crippen molar-refractivity contribution >= 4 is 22.9 Å². The Morgan fingerprint density at radius 2 is 1.94 bits per heavy atom. The molecule has 1 aromatic heterocycles. The highest BCUT2D eigenvalue weighted by Crippen LogP contribution is 2.11. The minimum absolute atomic E-state index is 0.0430. The van der Waals surface area contributed by atoms with Crippen LogP contribution in [0.1, 0.15) is 17.4 Å². The number of hydrogen-bond donors (Lipinski definition) is 2. The Morgan fingerprint density at radius 1 is 1.17 bits per heavy atom. The monoisotopic (exact) mass is 260 g/mol. The second-order valence-electron chi connectivity index (χ2n) is 4.06. The number of carbonyl (C=O) groups is 1. The second kappa shape index (κ2) is 6.33. The lowest BCUT2D eigenvalue weighted by atomic mass is 10.2. The molecular weight excluding hydrogens is 244 g/mol. The summed E-state index contributed by atoms with van der Waals surface area (Å²) >= 11 is 1.76. The molecule has 94 valence electrons. The first-order chi connectivity index (χ1) is 8.74. The molecule has 0 unspecified atom stereocenters. The summed E-state index contributed by atoms with van der Waals surface area (Å²) in [5, 5.41) is 8.22. The van der Waals surface area contributed by atoms with Crippen LogP contribution in [0.3, 0.4) is 0 Å². The Balaban J connectivity index is 1.81. The third-order valence-corrected chi connectivity index (χ3v) is 3.36. The van der Waals surface area contributed by atoms with Gasteiger partial charge >= 0.3 is 0 Å². The van der Waals surface area contributed by atoms with Crippen molar-refractivity contribution in [1.29, 1.82) is 0 Å². The molecule has 4 heteroatoms. The van der Waals surface area contributed by atoms with Crippen molar-refractivity contribution < 1.29 is 4.79 Å². The highest BCUT2D eigenvalue weighted by molar-refractivity contribution is 7.09. The van der Waals surface area contributed by atoms with E-state index < -0.39 is 0 Å². The van der Waals surface area contributed by atoms with Crippen molar-refractivity contribution in [2.24, 2.45) is 0 Å². The van der Waals surface area contributed by atoms with Gasteiger partial charge in [-0.25, -0.2) is 0 Å². The van der Waals surface area contributed by atoms with Crippen molar-refractivity contribution in [2.75, 3.05) is 5.32 Å². The predicted molar refractivity (Wildman–Crippen MR) is 75.6 cm³/mol. The van der Waals surface area contributed by atoms with E-state index in [9.17, 15) is 4.79 Å². The number of anilines is 1. The molecule has 3 nitrogen and oxygen atoms in total. The molecule has 0 aliphatic rings. The molecule has 18 heavy (non-hydrogen) atoms. The maximum Gasteiger partial charge on any atom is 0.221 e. The molecule has 0 atom stereocenters. The quantitative estimate of drug-likeness (QED) is 0.867. The van der Waals surface area contributed by atoms with Gasteiger partial charge in [-0.15, -0.1) is 11.3 Å². The van der Waals surface area contributed by atoms with Gasteiger partial charge in [0.25, 0.3) is 0 Å². The summed E-state index contributed by atoms with van der Waals surface area (Å²) in [5.41, 5.74) is 2.05. The minimum atomic E-state index is -0.0430. The van der Waals surface area contributed by atoms with E-state index >= 15 is 0 Å². The summed E-state index contributed by atoms with van der Waals surface area (Å²) in [7, 11) is 0. The highest BCUT2D eigenvalue weighted by Gasteiger charge is 1.97. The first-order valence-corrected chi connectivity index (χ1v) is 6.71. The second-order valence-corrected chi connectivity index (χ2v) is 5.09. The van der Waals surface area contributed by atoms with E-state index in [2.05, 4.69) is 28.1 Å². The van der Waals surface area contributed by atoms with E-state index in [0.29, 0.717) is 0 Å². The number of carbonyl (C=O) groups excluding carboxylic acids is 1. The van der Waals surface area contributed by atoms with Crippen molar-refractivity contribution in [3.8, 4) is 0 Å². The Bertz CT molecular complexity index is 491. The van der Waals surface area contributed by atoms with Crippen LogP contribution in [0.25, 0.3) is 0 Å². The zero-order chi connectivity index (χ0) is 12.8. The van der Waals surface area contributed by atoms with Gasteiger partial charge in [0.15, 0.2) is 0 Å². The molecule has 2 rings (SSSR count). The van der Waals surface area contributed by atoms with E-state index in [1.54, 1.807) is 11.3 Å². The van der Waals surface area contributed by atoms with Crippen molar-refractivity contribution in [3.05, 3.63) is 52.2 Å². The maximum atomic E-state index is 10.9. The Morgan fingerprint density at radius 3 is 2.56 bits per heavy atom. The number of amides is 1. The van der Waals surface area contributed by atoms with Gasteiger partial charge in [0.05, 0.1) is 0 Å². The van der Waals surface area contributed by atoms with Crippen LogP contribution in [0.5, 0.6) is 0 Å². The van der Waals surface area contributed by atoms with Gasteiger partial charge in [0, 0.05) is 30.6 Å². The Hall–Kier alpha value is -1.65. The summed E-state index contributed by atoms with van der Waals surface area (Å²) in [6.45, 7) is 3.24. The average Bonchev–Trinajstić information content (AvgIpc) is 2.84. The van der Waals surface area contributed by atoms with Crippen molar-refractivity contribution in [3.63, 3.8) is 0 Å². The summed E-state index contributed by atoms with van der Waals surface area (Å²) in [6, 6.07) is 12.1. The SMILES string of the molecule is CC(=O)Nc1ccc(CNCc2cccs2)cc1. The molecule has 1 heterocycles. The van der Waals surface area contributed by atoms with Gasteiger partial charge < -0.3 is 10.6 Å². The van der Waals surface area contributed by atoms with E-state index in [1.807, 2.05) is 24.3 Å². The van der Waals surface area contributed by atoms with Crippen LogP contribution >= 0.6 is 11.3 Å². The predicted octanol–water partition coefficient (Wildman–Crippen LogP) is 3.00. The molecule has 0 saturated heterocycles. The summed E-state index contributed by atoms with van der Waals surface area (Å²) < 4.78 is 0. The molecule has 0 bridgehead atoms. The number of thiophene rings is 1. The molecule has 0 aliphatic carbocycles. The molecule has 2 aromatic rings. The number of rotatable bonds is 5. The largest absolute Gasteiger partial charge is 0.326 e. The molecule has 0 spiro atoms. The topological polar surface area (TPSA) is 41.1 Å². The lowest BCUT2D eigenvalue weighted by Gasteiger charge is -2.05. The molecule has 0 radical (unpaired) electrons. The van der Waals surface area contributed by atoms with Crippen LogP contribution in [-0.4, -0.2) is 5.91 Å². The zero-order valence-electron chi connectivity index (χ0n) is 10.3. The van der Waals surface area contributed by atoms with Crippen molar-refractivity contribution in [2.45, 2.75) is 20.0 Å². The summed E-state index contributed by atoms with van der Waals surface area (Å²) in [4.78, 5) is 12.2. The van der Waals surface area contributed by atoms with Crippen LogP contribution in [0.4, 0.5) is 5.69 Å².